The first-order chi connectivity index (χ1) is 7.63. The molecule has 1 aromatic carbocycles. The van der Waals surface area contributed by atoms with E-state index in [2.05, 4.69) is 21.2 Å². The van der Waals surface area contributed by atoms with Gasteiger partial charge in [0.2, 0.25) is 5.91 Å². The maximum absolute atomic E-state index is 13.2. The quantitative estimate of drug-likeness (QED) is 0.829. The fourth-order valence-corrected chi connectivity index (χ4v) is 2.06. The van der Waals surface area contributed by atoms with Crippen LogP contribution < -0.4 is 5.32 Å². The molecular formula is C12H15BrFNO. The number of rotatable bonds is 5. The molecule has 1 unspecified atom stereocenters. The largest absolute Gasteiger partial charge is 0.353 e. The molecule has 0 saturated heterocycles. The number of amides is 1. The van der Waals surface area contributed by atoms with E-state index in [-0.39, 0.29) is 24.2 Å². The zero-order chi connectivity index (χ0) is 12.0. The van der Waals surface area contributed by atoms with Crippen LogP contribution in [0.1, 0.15) is 18.9 Å². The van der Waals surface area contributed by atoms with Gasteiger partial charge < -0.3 is 5.32 Å². The molecule has 0 bridgehead atoms. The van der Waals surface area contributed by atoms with Gasteiger partial charge in [-0.05, 0) is 25.0 Å². The summed E-state index contributed by atoms with van der Waals surface area (Å²) in [6.07, 6.45) is 0.961. The molecule has 16 heavy (non-hydrogen) atoms. The third-order valence-corrected chi connectivity index (χ3v) is 2.72. The Kier molecular flexibility index (Phi) is 5.46. The maximum Gasteiger partial charge on any atom is 0.224 e. The van der Waals surface area contributed by atoms with Crippen LogP contribution in [0.15, 0.2) is 24.3 Å². The SMILES string of the molecule is CC(CCBr)NC(=O)Cc1ccccc1F. The fraction of sp³-hybridized carbons (Fsp3) is 0.417. The van der Waals surface area contributed by atoms with Crippen molar-refractivity contribution in [2.75, 3.05) is 5.33 Å². The van der Waals surface area contributed by atoms with Crippen molar-refractivity contribution in [3.05, 3.63) is 35.6 Å². The van der Waals surface area contributed by atoms with Gasteiger partial charge in [0.1, 0.15) is 5.82 Å². The Hall–Kier alpha value is -0.900. The highest BCUT2D eigenvalue weighted by Crippen LogP contribution is 2.07. The van der Waals surface area contributed by atoms with Crippen molar-refractivity contribution in [1.82, 2.24) is 5.32 Å². The van der Waals surface area contributed by atoms with Crippen LogP contribution in [0.5, 0.6) is 0 Å². The number of carbonyl (C=O) groups excluding carboxylic acids is 1. The second kappa shape index (κ2) is 6.63. The van der Waals surface area contributed by atoms with Gasteiger partial charge in [-0.1, -0.05) is 34.1 Å². The number of hydrogen-bond acceptors (Lipinski definition) is 1. The first-order valence-corrected chi connectivity index (χ1v) is 6.34. The van der Waals surface area contributed by atoms with Crippen molar-refractivity contribution in [1.29, 1.82) is 0 Å². The minimum Gasteiger partial charge on any atom is -0.353 e. The third-order valence-electron chi connectivity index (χ3n) is 2.26. The van der Waals surface area contributed by atoms with Crippen molar-refractivity contribution in [3.8, 4) is 0 Å². The van der Waals surface area contributed by atoms with Crippen LogP contribution in [0.25, 0.3) is 0 Å². The molecule has 1 aromatic rings. The van der Waals surface area contributed by atoms with Gasteiger partial charge in [0.15, 0.2) is 0 Å². The van der Waals surface area contributed by atoms with Gasteiger partial charge in [-0.15, -0.1) is 0 Å². The van der Waals surface area contributed by atoms with E-state index < -0.39 is 0 Å². The van der Waals surface area contributed by atoms with Gasteiger partial charge in [-0.3, -0.25) is 4.79 Å². The lowest BCUT2D eigenvalue weighted by Gasteiger charge is -2.12. The van der Waals surface area contributed by atoms with E-state index in [1.54, 1.807) is 18.2 Å². The minimum absolute atomic E-state index is 0.0965. The molecule has 0 aliphatic heterocycles. The average molecular weight is 288 g/mol. The number of halogens is 2. The van der Waals surface area contributed by atoms with E-state index in [0.717, 1.165) is 11.8 Å². The zero-order valence-electron chi connectivity index (χ0n) is 9.17. The van der Waals surface area contributed by atoms with Crippen molar-refractivity contribution >= 4 is 21.8 Å². The fourth-order valence-electron chi connectivity index (χ4n) is 1.38. The summed E-state index contributed by atoms with van der Waals surface area (Å²) in [7, 11) is 0. The van der Waals surface area contributed by atoms with Crippen molar-refractivity contribution < 1.29 is 9.18 Å². The lowest BCUT2D eigenvalue weighted by Crippen LogP contribution is -2.34. The molecular weight excluding hydrogens is 273 g/mol. The normalized spacial score (nSPS) is 12.2. The van der Waals surface area contributed by atoms with Gasteiger partial charge in [0, 0.05) is 11.4 Å². The molecule has 0 fully saturated rings. The number of nitrogens with one attached hydrogen (secondary N) is 1. The summed E-state index contributed by atoms with van der Waals surface area (Å²) in [6.45, 7) is 1.93. The molecule has 0 spiro atoms. The van der Waals surface area contributed by atoms with Gasteiger partial charge in [0.25, 0.3) is 0 Å². The molecule has 88 valence electrons. The summed E-state index contributed by atoms with van der Waals surface area (Å²) >= 11 is 3.31. The van der Waals surface area contributed by atoms with E-state index in [0.29, 0.717) is 5.56 Å². The van der Waals surface area contributed by atoms with Gasteiger partial charge in [0.05, 0.1) is 6.42 Å². The predicted molar refractivity (Wildman–Crippen MR) is 66.1 cm³/mol. The summed E-state index contributed by atoms with van der Waals surface area (Å²) in [5, 5.41) is 3.66. The Morgan fingerprint density at radius 2 is 2.19 bits per heavy atom. The Labute approximate surface area is 103 Å². The first-order valence-electron chi connectivity index (χ1n) is 5.22. The molecule has 0 heterocycles. The van der Waals surface area contributed by atoms with Crippen LogP contribution in [-0.4, -0.2) is 17.3 Å². The number of hydrogen-bond donors (Lipinski definition) is 1. The highest BCUT2D eigenvalue weighted by molar-refractivity contribution is 9.09. The lowest BCUT2D eigenvalue weighted by molar-refractivity contribution is -0.121. The summed E-state index contributed by atoms with van der Waals surface area (Å²) in [6, 6.07) is 6.45. The Morgan fingerprint density at radius 3 is 2.81 bits per heavy atom. The molecule has 1 rings (SSSR count). The third kappa shape index (κ3) is 4.31. The van der Waals surface area contributed by atoms with Crippen LogP contribution >= 0.6 is 15.9 Å². The summed E-state index contributed by atoms with van der Waals surface area (Å²) in [4.78, 5) is 11.6. The van der Waals surface area contributed by atoms with E-state index in [1.165, 1.54) is 6.07 Å². The first kappa shape index (κ1) is 13.2. The summed E-state index contributed by atoms with van der Waals surface area (Å²) < 4.78 is 13.2. The van der Waals surface area contributed by atoms with Gasteiger partial charge >= 0.3 is 0 Å². The van der Waals surface area contributed by atoms with E-state index in [4.69, 9.17) is 0 Å². The Morgan fingerprint density at radius 1 is 1.50 bits per heavy atom. The van der Waals surface area contributed by atoms with Crippen molar-refractivity contribution in [2.45, 2.75) is 25.8 Å². The van der Waals surface area contributed by atoms with Crippen molar-refractivity contribution in [2.24, 2.45) is 0 Å². The highest BCUT2D eigenvalue weighted by Gasteiger charge is 2.09. The molecule has 1 N–H and O–H groups in total. The standard InChI is InChI=1S/C12H15BrFNO/c1-9(6-7-13)15-12(16)8-10-4-2-3-5-11(10)14/h2-5,9H,6-8H2,1H3,(H,15,16). The molecule has 0 aliphatic carbocycles. The zero-order valence-corrected chi connectivity index (χ0v) is 10.8. The number of alkyl halides is 1. The molecule has 4 heteroatoms. The van der Waals surface area contributed by atoms with Crippen LogP contribution in [0.4, 0.5) is 4.39 Å². The molecule has 1 amide bonds. The number of benzene rings is 1. The molecule has 0 aromatic heterocycles. The van der Waals surface area contributed by atoms with Crippen molar-refractivity contribution in [3.63, 3.8) is 0 Å². The smallest absolute Gasteiger partial charge is 0.224 e. The van der Waals surface area contributed by atoms with E-state index in [9.17, 15) is 9.18 Å². The maximum atomic E-state index is 13.2. The topological polar surface area (TPSA) is 29.1 Å². The lowest BCUT2D eigenvalue weighted by atomic mass is 10.1. The van der Waals surface area contributed by atoms with Crippen LogP contribution in [0.2, 0.25) is 0 Å². The molecule has 0 saturated carbocycles. The average Bonchev–Trinajstić information content (AvgIpc) is 2.21. The van der Waals surface area contributed by atoms with Crippen LogP contribution in [0, 0.1) is 5.82 Å². The monoisotopic (exact) mass is 287 g/mol. The Balaban J connectivity index is 2.49. The van der Waals surface area contributed by atoms with E-state index in [1.807, 2.05) is 6.92 Å². The second-order valence-corrected chi connectivity index (χ2v) is 4.51. The molecule has 2 nitrogen and oxygen atoms in total. The highest BCUT2D eigenvalue weighted by atomic mass is 79.9. The Bertz CT molecular complexity index is 357. The van der Waals surface area contributed by atoms with Crippen LogP contribution in [0.3, 0.4) is 0 Å². The number of carbonyl (C=O) groups is 1. The molecule has 1 atom stereocenters. The molecule has 0 radical (unpaired) electrons. The van der Waals surface area contributed by atoms with E-state index >= 15 is 0 Å². The van der Waals surface area contributed by atoms with Gasteiger partial charge in [-0.2, -0.15) is 0 Å². The minimum atomic E-state index is -0.328. The summed E-state index contributed by atoms with van der Waals surface area (Å²) in [5.41, 5.74) is 0.436. The molecule has 0 aliphatic rings. The predicted octanol–water partition coefficient (Wildman–Crippen LogP) is 2.66. The summed E-state index contributed by atoms with van der Waals surface area (Å²) in [5.74, 6) is -0.468. The second-order valence-electron chi connectivity index (χ2n) is 3.71. The van der Waals surface area contributed by atoms with Gasteiger partial charge in [-0.25, -0.2) is 4.39 Å². The van der Waals surface area contributed by atoms with Crippen LogP contribution in [-0.2, 0) is 11.2 Å².